The lowest BCUT2D eigenvalue weighted by Gasteiger charge is -2.33. The molecule has 1 saturated carbocycles. The molecule has 10 heteroatoms. The van der Waals surface area contributed by atoms with E-state index in [9.17, 15) is 4.79 Å². The van der Waals surface area contributed by atoms with Crippen LogP contribution in [0.5, 0.6) is 6.01 Å². The van der Waals surface area contributed by atoms with Crippen molar-refractivity contribution in [3.63, 3.8) is 0 Å². The summed E-state index contributed by atoms with van der Waals surface area (Å²) in [5.41, 5.74) is 12.0. The first-order valence-electron chi connectivity index (χ1n) is 15.0. The highest BCUT2D eigenvalue weighted by Gasteiger charge is 2.54. The summed E-state index contributed by atoms with van der Waals surface area (Å²) in [7, 11) is 2.14. The molecule has 6 rings (SSSR count). The van der Waals surface area contributed by atoms with Crippen molar-refractivity contribution in [1.82, 2.24) is 14.9 Å². The van der Waals surface area contributed by atoms with Gasteiger partial charge in [0.2, 0.25) is 0 Å². The Hall–Kier alpha value is -4.05. The molecule has 220 valence electrons. The fourth-order valence-corrected chi connectivity index (χ4v) is 6.74. The van der Waals surface area contributed by atoms with E-state index in [2.05, 4.69) is 53.6 Å². The Morgan fingerprint density at radius 2 is 2.02 bits per heavy atom. The molecule has 1 aromatic carbocycles. The molecule has 0 radical (unpaired) electrons. The standard InChI is InChI=1S/C32H41N8O2/c1-4-28(41)39-17-18-40(32(21-39)12-13-32)30-24-9-15-38(29-22(2)7-8-26(34)25(29)20-33)16-10-27(24)35-31(36-30)42-19-11-23-6-5-14-37(23)3/h4,7-8,11,19-21,23,33H,1,5-6,9-10,12-18,34H2,2-3H3/q+1/p+1/b19-11+,33-20?. The van der Waals surface area contributed by atoms with Crippen molar-refractivity contribution in [2.75, 3.05) is 55.3 Å². The van der Waals surface area contributed by atoms with Crippen LogP contribution in [0.2, 0.25) is 0 Å². The van der Waals surface area contributed by atoms with E-state index in [1.54, 1.807) is 17.1 Å². The largest absolute Gasteiger partial charge is 0.432 e. The maximum atomic E-state index is 12.5. The Morgan fingerprint density at radius 3 is 2.74 bits per heavy atom. The van der Waals surface area contributed by atoms with Crippen LogP contribution in [-0.2, 0) is 17.6 Å². The smallest absolute Gasteiger partial charge is 0.411 e. The van der Waals surface area contributed by atoms with Crippen LogP contribution in [0.3, 0.4) is 0 Å². The summed E-state index contributed by atoms with van der Waals surface area (Å²) >= 11 is 0. The average Bonchev–Trinajstić information content (AvgIpc) is 3.69. The number of fused-ring (bicyclic) bond motifs is 1. The number of benzene rings is 1. The number of anilines is 3. The molecule has 10 nitrogen and oxygen atoms in total. The summed E-state index contributed by atoms with van der Waals surface area (Å²) in [6, 6.07) is 4.70. The number of hydrogen-bond acceptors (Lipinski definition) is 8. The first-order valence-corrected chi connectivity index (χ1v) is 15.0. The first-order chi connectivity index (χ1) is 20.3. The van der Waals surface area contributed by atoms with Gasteiger partial charge < -0.3 is 20.3 Å². The van der Waals surface area contributed by atoms with Crippen molar-refractivity contribution >= 4 is 35.5 Å². The topological polar surface area (TPSA) is 116 Å². The molecule has 1 spiro atoms. The van der Waals surface area contributed by atoms with Crippen LogP contribution >= 0.6 is 0 Å². The third kappa shape index (κ3) is 5.19. The van der Waals surface area contributed by atoms with Crippen LogP contribution in [0.4, 0.5) is 17.2 Å². The SMILES string of the molecule is C=CC(=O)[N+]1=CC2(CC2)N(c2nc(O/C=C/C3CCCN3C)nc3c2CCN(c2c(C)ccc(N)c2C=[NH2+])CC3)CC1. The van der Waals surface area contributed by atoms with Crippen molar-refractivity contribution in [3.05, 3.63) is 59.5 Å². The molecule has 1 saturated heterocycles. The van der Waals surface area contributed by atoms with Gasteiger partial charge in [-0.3, -0.25) is 10.3 Å². The molecule has 3 aliphatic heterocycles. The van der Waals surface area contributed by atoms with Gasteiger partial charge in [0.05, 0.1) is 29.8 Å². The number of carbonyl (C=O) groups is 1. The molecule has 2 fully saturated rings. The minimum Gasteiger partial charge on any atom is -0.432 e. The summed E-state index contributed by atoms with van der Waals surface area (Å²) in [5, 5.41) is 6.05. The second kappa shape index (κ2) is 11.3. The third-order valence-corrected chi connectivity index (χ3v) is 9.26. The molecule has 2 aromatic rings. The number of aromatic nitrogens is 2. The minimum absolute atomic E-state index is 0.0610. The van der Waals surface area contributed by atoms with E-state index in [0.29, 0.717) is 30.8 Å². The lowest BCUT2D eigenvalue weighted by molar-refractivity contribution is -0.442. The molecule has 1 atom stereocenters. The Kier molecular flexibility index (Phi) is 7.57. The van der Waals surface area contributed by atoms with Crippen LogP contribution in [0.15, 0.2) is 37.1 Å². The van der Waals surface area contributed by atoms with E-state index in [1.807, 2.05) is 6.07 Å². The number of amides is 1. The number of hydrogen-bond donors (Lipinski definition) is 2. The second-order valence-corrected chi connectivity index (χ2v) is 11.9. The number of ether oxygens (including phenoxy) is 1. The zero-order chi connectivity index (χ0) is 29.4. The van der Waals surface area contributed by atoms with Crippen LogP contribution in [0.25, 0.3) is 0 Å². The van der Waals surface area contributed by atoms with E-state index in [1.165, 1.54) is 12.5 Å². The van der Waals surface area contributed by atoms with Gasteiger partial charge in [0.15, 0.2) is 19.0 Å². The quantitative estimate of drug-likeness (QED) is 0.168. The maximum absolute atomic E-state index is 12.5. The monoisotopic (exact) mass is 570 g/mol. The maximum Gasteiger partial charge on any atom is 0.411 e. The fourth-order valence-electron chi connectivity index (χ4n) is 6.74. The van der Waals surface area contributed by atoms with Crippen molar-refractivity contribution in [1.29, 1.82) is 0 Å². The second-order valence-electron chi connectivity index (χ2n) is 11.9. The highest BCUT2D eigenvalue weighted by molar-refractivity contribution is 5.93. The molecule has 42 heavy (non-hydrogen) atoms. The van der Waals surface area contributed by atoms with E-state index in [-0.39, 0.29) is 11.4 Å². The number of rotatable bonds is 7. The van der Waals surface area contributed by atoms with Gasteiger partial charge in [-0.15, -0.1) is 0 Å². The van der Waals surface area contributed by atoms with E-state index < -0.39 is 0 Å². The summed E-state index contributed by atoms with van der Waals surface area (Å²) in [6.07, 6.45) is 14.7. The van der Waals surface area contributed by atoms with Gasteiger partial charge in [0.1, 0.15) is 11.4 Å². The van der Waals surface area contributed by atoms with E-state index in [4.69, 9.17) is 25.8 Å². The summed E-state index contributed by atoms with van der Waals surface area (Å²) in [6.45, 7) is 9.71. The molecule has 1 aliphatic carbocycles. The van der Waals surface area contributed by atoms with Gasteiger partial charge in [0, 0.05) is 42.9 Å². The van der Waals surface area contributed by atoms with Crippen LogP contribution in [0, 0.1) is 6.92 Å². The molecule has 0 bridgehead atoms. The first kappa shape index (κ1) is 28.1. The summed E-state index contributed by atoms with van der Waals surface area (Å²) in [5.74, 6) is 0.853. The molecular formula is C32H42N8O2+2. The molecule has 4 N–H and O–H groups in total. The Bertz CT molecular complexity index is 1480. The third-order valence-electron chi connectivity index (χ3n) is 9.26. The molecular weight excluding hydrogens is 528 g/mol. The highest BCUT2D eigenvalue weighted by Crippen LogP contribution is 2.45. The number of carbonyl (C=O) groups excluding carboxylic acids is 1. The van der Waals surface area contributed by atoms with Gasteiger partial charge in [0.25, 0.3) is 0 Å². The zero-order valence-electron chi connectivity index (χ0n) is 24.8. The molecule has 1 unspecified atom stereocenters. The lowest BCUT2D eigenvalue weighted by atomic mass is 10.0. The number of nitrogens with zero attached hydrogens (tertiary/aromatic N) is 6. The zero-order valence-corrected chi connectivity index (χ0v) is 24.8. The fraction of sp³-hybridized carbons (Fsp3) is 0.469. The predicted octanol–water partition coefficient (Wildman–Crippen LogP) is 1.29. The number of likely N-dealkylation sites (tertiary alicyclic amines) is 1. The summed E-state index contributed by atoms with van der Waals surface area (Å²) in [4.78, 5) is 29.5. The number of nitrogens with two attached hydrogens (primary N) is 2. The lowest BCUT2D eigenvalue weighted by Crippen LogP contribution is -2.51. The highest BCUT2D eigenvalue weighted by atomic mass is 16.5. The molecule has 4 aliphatic rings. The number of nitrogen functional groups attached to an aromatic ring is 1. The van der Waals surface area contributed by atoms with E-state index >= 15 is 0 Å². The van der Waals surface area contributed by atoms with Gasteiger partial charge in [-0.25, -0.2) is 4.79 Å². The minimum atomic E-state index is -0.225. The van der Waals surface area contributed by atoms with Crippen LogP contribution in [-0.4, -0.2) is 89.1 Å². The van der Waals surface area contributed by atoms with Gasteiger partial charge in [-0.2, -0.15) is 14.5 Å². The number of likely N-dealkylation sites (N-methyl/N-ethyl adjacent to an activating group) is 1. The van der Waals surface area contributed by atoms with Crippen molar-refractivity contribution < 1.29 is 19.5 Å². The Labute approximate surface area is 247 Å². The van der Waals surface area contributed by atoms with Crippen molar-refractivity contribution in [3.8, 4) is 6.01 Å². The number of aryl methyl sites for hydroxylation is 1. The molecule has 1 amide bonds. The van der Waals surface area contributed by atoms with E-state index in [0.717, 1.165) is 85.6 Å². The van der Waals surface area contributed by atoms with Crippen molar-refractivity contribution in [2.24, 2.45) is 0 Å². The average molecular weight is 571 g/mol. The Morgan fingerprint density at radius 1 is 1.21 bits per heavy atom. The van der Waals surface area contributed by atoms with Gasteiger partial charge in [-0.05, 0) is 70.3 Å². The van der Waals surface area contributed by atoms with Gasteiger partial charge in [-0.1, -0.05) is 12.6 Å². The molecule has 4 heterocycles. The summed E-state index contributed by atoms with van der Waals surface area (Å²) < 4.78 is 7.90. The van der Waals surface area contributed by atoms with Crippen LogP contribution in [0.1, 0.15) is 48.1 Å². The van der Waals surface area contributed by atoms with Crippen LogP contribution < -0.4 is 25.7 Å². The Balaban J connectivity index is 1.35. The predicted molar refractivity (Wildman–Crippen MR) is 165 cm³/mol. The van der Waals surface area contributed by atoms with Gasteiger partial charge >= 0.3 is 11.9 Å². The normalized spacial score (nSPS) is 21.7. The van der Waals surface area contributed by atoms with Crippen molar-refractivity contribution in [2.45, 2.75) is 57.0 Å². The molecule has 1 aromatic heterocycles.